The number of hydrogen-bond donors (Lipinski definition) is 2. The highest BCUT2D eigenvalue weighted by atomic mass is 35.5. The highest BCUT2D eigenvalue weighted by Gasteiger charge is 2.24. The fourth-order valence-electron chi connectivity index (χ4n) is 2.64. The van der Waals surface area contributed by atoms with Crippen LogP contribution in [0.25, 0.3) is 0 Å². The number of phenols is 1. The van der Waals surface area contributed by atoms with Crippen LogP contribution in [0.1, 0.15) is 25.3 Å². The highest BCUT2D eigenvalue weighted by Crippen LogP contribution is 2.24. The summed E-state index contributed by atoms with van der Waals surface area (Å²) in [7, 11) is 0. The van der Waals surface area contributed by atoms with Crippen molar-refractivity contribution >= 4 is 12.4 Å². The van der Waals surface area contributed by atoms with Crippen molar-refractivity contribution in [3.05, 3.63) is 29.8 Å². The number of halogens is 1. The van der Waals surface area contributed by atoms with E-state index in [0.717, 1.165) is 31.1 Å². The van der Waals surface area contributed by atoms with E-state index < -0.39 is 0 Å². The number of nitrogens with zero attached hydrogens (tertiary/aromatic N) is 1. The number of rotatable bonds is 3. The van der Waals surface area contributed by atoms with Crippen molar-refractivity contribution in [2.24, 2.45) is 11.7 Å². The lowest BCUT2D eigenvalue weighted by molar-refractivity contribution is 0.115. The fourth-order valence-corrected chi connectivity index (χ4v) is 2.64. The maximum absolute atomic E-state index is 9.46. The Morgan fingerprint density at radius 2 is 2.22 bits per heavy atom. The van der Waals surface area contributed by atoms with Crippen LogP contribution in [0.2, 0.25) is 0 Å². The molecule has 1 fully saturated rings. The Morgan fingerprint density at radius 1 is 1.44 bits per heavy atom. The first-order valence-electron chi connectivity index (χ1n) is 6.41. The molecular formula is C14H23ClN2O. The van der Waals surface area contributed by atoms with Gasteiger partial charge in [0.2, 0.25) is 0 Å². The topological polar surface area (TPSA) is 49.5 Å². The predicted octanol–water partition coefficient (Wildman–Crippen LogP) is 2.37. The lowest BCUT2D eigenvalue weighted by atomic mass is 9.92. The van der Waals surface area contributed by atoms with Gasteiger partial charge in [-0.15, -0.1) is 12.4 Å². The molecule has 0 radical (unpaired) electrons. The van der Waals surface area contributed by atoms with E-state index in [-0.39, 0.29) is 12.4 Å². The highest BCUT2D eigenvalue weighted by molar-refractivity contribution is 5.85. The zero-order chi connectivity index (χ0) is 12.3. The molecule has 1 aliphatic heterocycles. The maximum atomic E-state index is 9.46. The van der Waals surface area contributed by atoms with Crippen LogP contribution >= 0.6 is 12.4 Å². The Hall–Kier alpha value is -0.770. The average molecular weight is 271 g/mol. The van der Waals surface area contributed by atoms with Crippen LogP contribution in [0.4, 0.5) is 0 Å². The molecule has 1 saturated heterocycles. The second-order valence-electron chi connectivity index (χ2n) is 5.16. The summed E-state index contributed by atoms with van der Waals surface area (Å²) in [5, 5.41) is 9.46. The lowest BCUT2D eigenvalue weighted by Crippen LogP contribution is -2.45. The van der Waals surface area contributed by atoms with E-state index >= 15 is 0 Å². The third kappa shape index (κ3) is 3.87. The molecule has 0 saturated carbocycles. The number of piperidine rings is 1. The van der Waals surface area contributed by atoms with Crippen molar-refractivity contribution in [3.8, 4) is 5.75 Å². The molecule has 3 N–H and O–H groups in total. The second kappa shape index (κ2) is 6.98. The molecule has 2 rings (SSSR count). The molecular weight excluding hydrogens is 248 g/mol. The van der Waals surface area contributed by atoms with Crippen LogP contribution in [-0.4, -0.2) is 29.1 Å². The third-order valence-corrected chi connectivity index (χ3v) is 3.67. The Kier molecular flexibility index (Phi) is 5.93. The summed E-state index contributed by atoms with van der Waals surface area (Å²) in [6.07, 6.45) is 2.44. The Balaban J connectivity index is 0.00000162. The van der Waals surface area contributed by atoms with Gasteiger partial charge in [0, 0.05) is 19.1 Å². The van der Waals surface area contributed by atoms with Gasteiger partial charge in [-0.2, -0.15) is 0 Å². The van der Waals surface area contributed by atoms with Gasteiger partial charge in [0.1, 0.15) is 5.75 Å². The van der Waals surface area contributed by atoms with Gasteiger partial charge in [-0.1, -0.05) is 19.1 Å². The van der Waals surface area contributed by atoms with Crippen LogP contribution in [0, 0.1) is 5.92 Å². The smallest absolute Gasteiger partial charge is 0.115 e. The molecule has 2 atom stereocenters. The summed E-state index contributed by atoms with van der Waals surface area (Å²) in [4.78, 5) is 2.44. The number of likely N-dealkylation sites (tertiary alicyclic amines) is 1. The fraction of sp³-hybridized carbons (Fsp3) is 0.571. The zero-order valence-corrected chi connectivity index (χ0v) is 11.7. The largest absolute Gasteiger partial charge is 0.508 e. The Labute approximate surface area is 115 Å². The zero-order valence-electron chi connectivity index (χ0n) is 10.9. The van der Waals surface area contributed by atoms with Gasteiger partial charge in [-0.05, 0) is 43.0 Å². The van der Waals surface area contributed by atoms with Gasteiger partial charge in [0.25, 0.3) is 0 Å². The summed E-state index contributed by atoms with van der Waals surface area (Å²) >= 11 is 0. The Morgan fingerprint density at radius 3 is 2.89 bits per heavy atom. The standard InChI is InChI=1S/C14H22N2O.ClH/c1-11-5-6-16(13(7-11)9-15)10-12-3-2-4-14(17)8-12;/h2-4,8,11,13,17H,5-7,9-10,15H2,1H3;1H. The predicted molar refractivity (Wildman–Crippen MR) is 77.0 cm³/mol. The van der Waals surface area contributed by atoms with Gasteiger partial charge in [-0.25, -0.2) is 0 Å². The first-order valence-corrected chi connectivity index (χ1v) is 6.41. The van der Waals surface area contributed by atoms with Crippen LogP contribution in [0.3, 0.4) is 0 Å². The summed E-state index contributed by atoms with van der Waals surface area (Å²) < 4.78 is 0. The number of hydrogen-bond acceptors (Lipinski definition) is 3. The molecule has 0 amide bonds. The SMILES string of the molecule is CC1CCN(Cc2cccc(O)c2)C(CN)C1.Cl. The lowest BCUT2D eigenvalue weighted by Gasteiger charge is -2.38. The van der Waals surface area contributed by atoms with E-state index in [1.807, 2.05) is 12.1 Å². The van der Waals surface area contributed by atoms with E-state index in [4.69, 9.17) is 5.73 Å². The van der Waals surface area contributed by atoms with Crippen molar-refractivity contribution in [2.45, 2.75) is 32.4 Å². The molecule has 4 heteroatoms. The van der Waals surface area contributed by atoms with Crippen LogP contribution in [-0.2, 0) is 6.54 Å². The first kappa shape index (κ1) is 15.3. The minimum atomic E-state index is 0. The molecule has 2 unspecified atom stereocenters. The molecule has 1 aromatic carbocycles. The number of phenolic OH excluding ortho intramolecular Hbond substituents is 1. The minimum Gasteiger partial charge on any atom is -0.508 e. The quantitative estimate of drug-likeness (QED) is 0.887. The summed E-state index contributed by atoms with van der Waals surface area (Å²) in [6, 6.07) is 7.99. The normalized spacial score (nSPS) is 24.6. The molecule has 102 valence electrons. The van der Waals surface area contributed by atoms with Gasteiger partial charge in [-0.3, -0.25) is 4.90 Å². The van der Waals surface area contributed by atoms with Crippen LogP contribution in [0.15, 0.2) is 24.3 Å². The summed E-state index contributed by atoms with van der Waals surface area (Å²) in [6.45, 7) is 5.03. The van der Waals surface area contributed by atoms with Crippen LogP contribution in [0.5, 0.6) is 5.75 Å². The van der Waals surface area contributed by atoms with Crippen LogP contribution < -0.4 is 5.73 Å². The monoisotopic (exact) mass is 270 g/mol. The number of nitrogens with two attached hydrogens (primary N) is 1. The van der Waals surface area contributed by atoms with E-state index in [9.17, 15) is 5.11 Å². The van der Waals surface area contributed by atoms with Crippen molar-refractivity contribution in [3.63, 3.8) is 0 Å². The van der Waals surface area contributed by atoms with E-state index in [2.05, 4.69) is 17.9 Å². The molecule has 0 aromatic heterocycles. The maximum Gasteiger partial charge on any atom is 0.115 e. The third-order valence-electron chi connectivity index (χ3n) is 3.67. The molecule has 0 aliphatic carbocycles. The van der Waals surface area contributed by atoms with Crippen molar-refractivity contribution in [1.82, 2.24) is 4.90 Å². The first-order chi connectivity index (χ1) is 8.19. The van der Waals surface area contributed by atoms with Gasteiger partial charge >= 0.3 is 0 Å². The van der Waals surface area contributed by atoms with Gasteiger partial charge < -0.3 is 10.8 Å². The van der Waals surface area contributed by atoms with Crippen molar-refractivity contribution in [2.75, 3.05) is 13.1 Å². The van der Waals surface area contributed by atoms with Crippen molar-refractivity contribution < 1.29 is 5.11 Å². The molecule has 0 bridgehead atoms. The molecule has 0 spiro atoms. The van der Waals surface area contributed by atoms with E-state index in [0.29, 0.717) is 11.8 Å². The van der Waals surface area contributed by atoms with E-state index in [1.165, 1.54) is 12.8 Å². The summed E-state index contributed by atoms with van der Waals surface area (Å²) in [5.41, 5.74) is 7.01. The summed E-state index contributed by atoms with van der Waals surface area (Å²) in [5.74, 6) is 1.13. The molecule has 1 aromatic rings. The number of benzene rings is 1. The van der Waals surface area contributed by atoms with E-state index in [1.54, 1.807) is 6.07 Å². The number of aromatic hydroxyl groups is 1. The molecule has 3 nitrogen and oxygen atoms in total. The van der Waals surface area contributed by atoms with Crippen molar-refractivity contribution in [1.29, 1.82) is 0 Å². The molecule has 1 heterocycles. The van der Waals surface area contributed by atoms with Gasteiger partial charge in [0.15, 0.2) is 0 Å². The average Bonchev–Trinajstić information content (AvgIpc) is 2.31. The van der Waals surface area contributed by atoms with Gasteiger partial charge in [0.05, 0.1) is 0 Å². The molecule has 1 aliphatic rings. The molecule has 18 heavy (non-hydrogen) atoms. The second-order valence-corrected chi connectivity index (χ2v) is 5.16. The minimum absolute atomic E-state index is 0. The Bertz CT molecular complexity index is 373.